The third-order valence-electron chi connectivity index (χ3n) is 7.43. The zero-order chi connectivity index (χ0) is 25.0. The van der Waals surface area contributed by atoms with Crippen LogP contribution in [-0.4, -0.2) is 9.97 Å². The van der Waals surface area contributed by atoms with Gasteiger partial charge in [-0.3, -0.25) is 0 Å². The van der Waals surface area contributed by atoms with Crippen molar-refractivity contribution in [3.05, 3.63) is 115 Å². The van der Waals surface area contributed by atoms with Crippen molar-refractivity contribution in [3.8, 4) is 11.3 Å². The van der Waals surface area contributed by atoms with Gasteiger partial charge in [0.15, 0.2) is 0 Å². The van der Waals surface area contributed by atoms with Gasteiger partial charge in [0.05, 0.1) is 5.69 Å². The molecule has 6 rings (SSSR count). The predicted molar refractivity (Wildman–Crippen MR) is 156 cm³/mol. The number of rotatable bonds is 4. The molecule has 3 aromatic carbocycles. The van der Waals surface area contributed by atoms with E-state index in [0.717, 1.165) is 21.9 Å². The average Bonchev–Trinajstić information content (AvgIpc) is 3.44. The molecular weight excluding hydrogens is 504 g/mol. The molecule has 0 spiro atoms. The molecule has 2 N–H and O–H groups in total. The fraction of sp³-hybridized carbons (Fsp3) is 0.212. The summed E-state index contributed by atoms with van der Waals surface area (Å²) in [6.07, 6.45) is 5.54. The zero-order valence-electron chi connectivity index (χ0n) is 21.2. The van der Waals surface area contributed by atoms with Gasteiger partial charge in [-0.25, -0.2) is 0 Å². The predicted octanol–water partition coefficient (Wildman–Crippen LogP) is 7.62. The van der Waals surface area contributed by atoms with Crippen LogP contribution in [0.1, 0.15) is 61.9 Å². The summed E-state index contributed by atoms with van der Waals surface area (Å²) in [5, 5.41) is 7.43. The number of hydrogen-bond donors (Lipinski definition) is 2. The van der Waals surface area contributed by atoms with Crippen LogP contribution in [0.15, 0.2) is 71.2 Å². The molecule has 3 heteroatoms. The van der Waals surface area contributed by atoms with Crippen molar-refractivity contribution in [2.45, 2.75) is 46.0 Å². The molecule has 0 fully saturated rings. The molecule has 0 amide bonds. The smallest absolute Gasteiger partial charge is 0.0541 e. The van der Waals surface area contributed by atoms with Crippen LogP contribution in [-0.2, 0) is 6.42 Å². The van der Waals surface area contributed by atoms with Gasteiger partial charge in [0.1, 0.15) is 0 Å². The molecule has 180 valence electrons. The highest BCUT2D eigenvalue weighted by molar-refractivity contribution is 9.10. The van der Waals surface area contributed by atoms with Crippen molar-refractivity contribution < 1.29 is 0 Å². The second kappa shape index (κ2) is 8.97. The molecule has 2 heterocycles. The Morgan fingerprint density at radius 1 is 0.833 bits per heavy atom. The van der Waals surface area contributed by atoms with Gasteiger partial charge >= 0.3 is 0 Å². The van der Waals surface area contributed by atoms with Gasteiger partial charge in [-0.2, -0.15) is 0 Å². The number of fused-ring (bicyclic) bond motifs is 3. The molecule has 1 aliphatic rings. The topological polar surface area (TPSA) is 31.6 Å². The first-order valence-electron chi connectivity index (χ1n) is 12.8. The quantitative estimate of drug-likeness (QED) is 0.237. The summed E-state index contributed by atoms with van der Waals surface area (Å²) in [6.45, 7) is 9.10. The van der Waals surface area contributed by atoms with E-state index in [0.29, 0.717) is 11.8 Å². The lowest BCUT2D eigenvalue weighted by molar-refractivity contribution is 0.835. The molecule has 0 saturated heterocycles. The molecular formula is C33H31BrN2. The molecule has 0 atom stereocenters. The summed E-state index contributed by atoms with van der Waals surface area (Å²) in [4.78, 5) is 7.53. The molecule has 1 aliphatic carbocycles. The summed E-state index contributed by atoms with van der Waals surface area (Å²) >= 11 is 3.71. The maximum Gasteiger partial charge on any atom is 0.0541 e. The molecule has 0 aliphatic heterocycles. The molecule has 36 heavy (non-hydrogen) atoms. The lowest BCUT2D eigenvalue weighted by Crippen LogP contribution is -2.08. The third kappa shape index (κ3) is 3.96. The standard InChI is InChI=1S/C33H31BrN2/c1-19(2)22-11-13-28(29(16-22)20(3)4)33-30-17-24(34)12-14-27(30)31(36-33)18-25-15-23-10-9-21-7-5-6-8-26(21)32(23)35-25/h5-9,11-20,35-36H,10H2,1-4H3. The normalized spacial score (nSPS) is 13.4. The molecule has 0 bridgehead atoms. The molecule has 2 aromatic heterocycles. The first kappa shape index (κ1) is 23.1. The van der Waals surface area contributed by atoms with Gasteiger partial charge in [0.25, 0.3) is 0 Å². The summed E-state index contributed by atoms with van der Waals surface area (Å²) < 4.78 is 1.09. The van der Waals surface area contributed by atoms with E-state index in [9.17, 15) is 0 Å². The zero-order valence-corrected chi connectivity index (χ0v) is 22.8. The van der Waals surface area contributed by atoms with Crippen molar-refractivity contribution in [3.63, 3.8) is 0 Å². The van der Waals surface area contributed by atoms with E-state index in [4.69, 9.17) is 0 Å². The van der Waals surface area contributed by atoms with Gasteiger partial charge in [-0.05, 0) is 64.4 Å². The summed E-state index contributed by atoms with van der Waals surface area (Å²) in [7, 11) is 0. The van der Waals surface area contributed by atoms with Crippen LogP contribution in [0.3, 0.4) is 0 Å². The first-order valence-corrected chi connectivity index (χ1v) is 13.6. The number of benzene rings is 3. The Labute approximate surface area is 220 Å². The third-order valence-corrected chi connectivity index (χ3v) is 7.92. The highest BCUT2D eigenvalue weighted by Crippen LogP contribution is 2.38. The molecule has 0 saturated carbocycles. The fourth-order valence-electron chi connectivity index (χ4n) is 5.48. The summed E-state index contributed by atoms with van der Waals surface area (Å²) in [5.41, 5.74) is 7.73. The van der Waals surface area contributed by atoms with Crippen molar-refractivity contribution in [2.24, 2.45) is 0 Å². The van der Waals surface area contributed by atoms with Crippen LogP contribution in [0.2, 0.25) is 0 Å². The van der Waals surface area contributed by atoms with E-state index in [1.807, 2.05) is 0 Å². The van der Waals surface area contributed by atoms with Crippen LogP contribution < -0.4 is 10.6 Å². The Hall–Kier alpha value is -3.30. The monoisotopic (exact) mass is 534 g/mol. The van der Waals surface area contributed by atoms with Crippen LogP contribution in [0.4, 0.5) is 0 Å². The van der Waals surface area contributed by atoms with Crippen LogP contribution >= 0.6 is 15.9 Å². The fourth-order valence-corrected chi connectivity index (χ4v) is 5.84. The second-order valence-corrected chi connectivity index (χ2v) is 11.4. The van der Waals surface area contributed by atoms with Gasteiger partial charge in [-0.15, -0.1) is 0 Å². The van der Waals surface area contributed by atoms with Gasteiger partial charge in [0.2, 0.25) is 0 Å². The van der Waals surface area contributed by atoms with Gasteiger partial charge in [0, 0.05) is 42.4 Å². The number of hydrogen-bond acceptors (Lipinski definition) is 0. The highest BCUT2D eigenvalue weighted by atomic mass is 79.9. The van der Waals surface area contributed by atoms with Crippen LogP contribution in [0.5, 0.6) is 0 Å². The minimum absolute atomic E-state index is 0.433. The highest BCUT2D eigenvalue weighted by Gasteiger charge is 2.17. The largest absolute Gasteiger partial charge is 0.355 e. The Kier molecular flexibility index (Phi) is 5.76. The number of H-pyrrole nitrogens is 2. The first-order chi connectivity index (χ1) is 17.4. The maximum atomic E-state index is 3.82. The average molecular weight is 536 g/mol. The van der Waals surface area contributed by atoms with Crippen LogP contribution in [0.25, 0.3) is 34.2 Å². The lowest BCUT2D eigenvalue weighted by atomic mass is 9.89. The van der Waals surface area contributed by atoms with E-state index in [2.05, 4.69) is 132 Å². The SMILES string of the molecule is CC(C)c1ccc(-c2[nH]c(C=c3cc4c([nH]3)=c3ccccc3=CC4)c3ccc(Br)cc23)c(C(C)C)c1. The lowest BCUT2D eigenvalue weighted by Gasteiger charge is -2.16. The van der Waals surface area contributed by atoms with E-state index in [1.54, 1.807) is 0 Å². The molecule has 0 unspecified atom stereocenters. The maximum absolute atomic E-state index is 3.82. The molecule has 0 radical (unpaired) electrons. The van der Waals surface area contributed by atoms with E-state index >= 15 is 0 Å². The van der Waals surface area contributed by atoms with Crippen molar-refractivity contribution in [2.75, 3.05) is 0 Å². The van der Waals surface area contributed by atoms with Gasteiger partial charge < -0.3 is 9.97 Å². The number of nitrogens with one attached hydrogen (secondary N) is 2. The van der Waals surface area contributed by atoms with E-state index in [-0.39, 0.29) is 0 Å². The van der Waals surface area contributed by atoms with Crippen molar-refractivity contribution >= 4 is 38.9 Å². The Balaban J connectivity index is 1.59. The molecule has 2 nitrogen and oxygen atoms in total. The van der Waals surface area contributed by atoms with Crippen LogP contribution in [0, 0.1) is 10.6 Å². The minimum atomic E-state index is 0.433. The van der Waals surface area contributed by atoms with E-state index in [1.165, 1.54) is 54.5 Å². The van der Waals surface area contributed by atoms with Gasteiger partial charge in [-0.1, -0.05) is 98.2 Å². The Bertz CT molecular complexity index is 1830. The molecule has 5 aromatic rings. The number of halogens is 1. The van der Waals surface area contributed by atoms with Crippen molar-refractivity contribution in [1.82, 2.24) is 9.97 Å². The summed E-state index contributed by atoms with van der Waals surface area (Å²) in [6, 6.07) is 24.5. The summed E-state index contributed by atoms with van der Waals surface area (Å²) in [5.74, 6) is 0.944. The minimum Gasteiger partial charge on any atom is -0.355 e. The Morgan fingerprint density at radius 2 is 1.67 bits per heavy atom. The number of aromatic amines is 2. The van der Waals surface area contributed by atoms with E-state index < -0.39 is 0 Å². The van der Waals surface area contributed by atoms with Crippen molar-refractivity contribution in [1.29, 1.82) is 0 Å². The number of aromatic nitrogens is 2. The second-order valence-electron chi connectivity index (χ2n) is 10.5. The Morgan fingerprint density at radius 3 is 2.47 bits per heavy atom.